The molecule has 0 aliphatic rings. The summed E-state index contributed by atoms with van der Waals surface area (Å²) in [4.78, 5) is 0. The zero-order valence-corrected chi connectivity index (χ0v) is 9.66. The third-order valence-corrected chi connectivity index (χ3v) is 2.34. The topological polar surface area (TPSA) is 24.4 Å². The van der Waals surface area contributed by atoms with Gasteiger partial charge >= 0.3 is 0 Å². The third-order valence-electron chi connectivity index (χ3n) is 2.10. The molecule has 0 saturated carbocycles. The van der Waals surface area contributed by atoms with E-state index < -0.39 is 0 Å². The van der Waals surface area contributed by atoms with Crippen LogP contribution in [0.15, 0.2) is 53.6 Å². The smallest absolute Gasteiger partial charge is 0.123 e. The summed E-state index contributed by atoms with van der Waals surface area (Å²) in [6, 6.07) is 13.3. The Morgan fingerprint density at radius 1 is 1.12 bits per heavy atom. The molecule has 0 unspecified atom stereocenters. The Morgan fingerprint density at radius 2 is 1.88 bits per heavy atom. The fourth-order valence-electron chi connectivity index (χ4n) is 1.29. The third kappa shape index (κ3) is 3.57. The lowest BCUT2D eigenvalue weighted by molar-refractivity contribution is 0.628. The summed E-state index contributed by atoms with van der Waals surface area (Å²) in [6.07, 6.45) is 1.65. The van der Waals surface area contributed by atoms with Gasteiger partial charge in [-0.1, -0.05) is 23.7 Å². The van der Waals surface area contributed by atoms with Gasteiger partial charge in [-0.15, -0.1) is 0 Å². The van der Waals surface area contributed by atoms with Crippen LogP contribution < -0.4 is 5.43 Å². The molecule has 0 spiro atoms. The van der Waals surface area contributed by atoms with Crippen molar-refractivity contribution < 1.29 is 4.39 Å². The van der Waals surface area contributed by atoms with E-state index in [0.29, 0.717) is 5.02 Å². The summed E-state index contributed by atoms with van der Waals surface area (Å²) in [5.74, 6) is -0.269. The van der Waals surface area contributed by atoms with E-state index in [0.717, 1.165) is 11.3 Å². The van der Waals surface area contributed by atoms with Gasteiger partial charge in [0.2, 0.25) is 0 Å². The van der Waals surface area contributed by atoms with E-state index in [1.807, 2.05) is 12.1 Å². The molecule has 0 aliphatic carbocycles. The molecular formula is C13H10ClFN2. The van der Waals surface area contributed by atoms with Gasteiger partial charge in [-0.25, -0.2) is 4.39 Å². The fourth-order valence-corrected chi connectivity index (χ4v) is 1.49. The maximum atomic E-state index is 12.6. The average molecular weight is 249 g/mol. The normalized spacial score (nSPS) is 10.7. The number of halogens is 2. The minimum Gasteiger partial charge on any atom is -0.279 e. The highest BCUT2D eigenvalue weighted by molar-refractivity contribution is 6.30. The second-order valence-corrected chi connectivity index (χ2v) is 3.87. The quantitative estimate of drug-likeness (QED) is 0.646. The summed E-state index contributed by atoms with van der Waals surface area (Å²) in [6.45, 7) is 0. The second kappa shape index (κ2) is 5.46. The molecule has 0 fully saturated rings. The largest absolute Gasteiger partial charge is 0.279 e. The Labute approximate surface area is 104 Å². The standard InChI is InChI=1S/C13H10ClFN2/c14-11-3-1-2-10(8-11)9-16-17-13-6-4-12(15)5-7-13/h1-9,17H/b16-9+. The van der Waals surface area contributed by atoms with Crippen LogP contribution in [-0.2, 0) is 0 Å². The fraction of sp³-hybridized carbons (Fsp3) is 0. The van der Waals surface area contributed by atoms with Gasteiger partial charge in [0.15, 0.2) is 0 Å². The number of nitrogens with zero attached hydrogens (tertiary/aromatic N) is 1. The van der Waals surface area contributed by atoms with Crippen LogP contribution in [0.3, 0.4) is 0 Å². The van der Waals surface area contributed by atoms with Crippen LogP contribution in [0.5, 0.6) is 0 Å². The predicted octanol–water partition coefficient (Wildman–Crippen LogP) is 3.93. The lowest BCUT2D eigenvalue weighted by atomic mass is 10.2. The minimum atomic E-state index is -0.269. The molecule has 0 bridgehead atoms. The SMILES string of the molecule is Fc1ccc(N/N=C/c2cccc(Cl)c2)cc1. The van der Waals surface area contributed by atoms with E-state index in [2.05, 4.69) is 10.5 Å². The van der Waals surface area contributed by atoms with E-state index >= 15 is 0 Å². The first kappa shape index (κ1) is 11.6. The van der Waals surface area contributed by atoms with Crippen molar-refractivity contribution in [2.75, 3.05) is 5.43 Å². The first-order valence-electron chi connectivity index (χ1n) is 5.04. The minimum absolute atomic E-state index is 0.269. The van der Waals surface area contributed by atoms with Gasteiger partial charge in [0.05, 0.1) is 11.9 Å². The molecule has 2 nitrogen and oxygen atoms in total. The van der Waals surface area contributed by atoms with Gasteiger partial charge in [-0.3, -0.25) is 5.43 Å². The molecule has 2 aromatic rings. The highest BCUT2D eigenvalue weighted by atomic mass is 35.5. The first-order valence-corrected chi connectivity index (χ1v) is 5.42. The molecule has 0 amide bonds. The molecule has 0 atom stereocenters. The Bertz CT molecular complexity index is 523. The van der Waals surface area contributed by atoms with E-state index in [1.54, 1.807) is 30.5 Å². The molecular weight excluding hydrogens is 239 g/mol. The van der Waals surface area contributed by atoms with Crippen molar-refractivity contribution in [2.24, 2.45) is 5.10 Å². The van der Waals surface area contributed by atoms with Crippen molar-refractivity contribution in [2.45, 2.75) is 0 Å². The van der Waals surface area contributed by atoms with E-state index in [4.69, 9.17) is 11.6 Å². The predicted molar refractivity (Wildman–Crippen MR) is 69.1 cm³/mol. The zero-order valence-electron chi connectivity index (χ0n) is 8.90. The first-order chi connectivity index (χ1) is 8.24. The maximum absolute atomic E-state index is 12.6. The molecule has 0 radical (unpaired) electrons. The maximum Gasteiger partial charge on any atom is 0.123 e. The number of benzene rings is 2. The van der Waals surface area contributed by atoms with Gasteiger partial charge in [0, 0.05) is 5.02 Å². The Balaban J connectivity index is 2.00. The van der Waals surface area contributed by atoms with Crippen molar-refractivity contribution in [3.63, 3.8) is 0 Å². The van der Waals surface area contributed by atoms with Gasteiger partial charge in [-0.05, 0) is 42.0 Å². The average Bonchev–Trinajstić information content (AvgIpc) is 2.32. The van der Waals surface area contributed by atoms with E-state index in [1.165, 1.54) is 12.1 Å². The van der Waals surface area contributed by atoms with Crippen LogP contribution in [0, 0.1) is 5.82 Å². The summed E-state index contributed by atoms with van der Waals surface area (Å²) >= 11 is 5.83. The Morgan fingerprint density at radius 3 is 2.59 bits per heavy atom. The molecule has 0 aromatic heterocycles. The van der Waals surface area contributed by atoms with Gasteiger partial charge in [0.1, 0.15) is 5.82 Å². The molecule has 0 heterocycles. The van der Waals surface area contributed by atoms with Crippen molar-refractivity contribution in [3.05, 3.63) is 64.9 Å². The van der Waals surface area contributed by atoms with Gasteiger partial charge in [-0.2, -0.15) is 5.10 Å². The number of hydrogen-bond donors (Lipinski definition) is 1. The lowest BCUT2D eigenvalue weighted by Gasteiger charge is -1.99. The summed E-state index contributed by atoms with van der Waals surface area (Å²) in [7, 11) is 0. The van der Waals surface area contributed by atoms with Crippen LogP contribution in [0.1, 0.15) is 5.56 Å². The van der Waals surface area contributed by atoms with Crippen molar-refractivity contribution in [3.8, 4) is 0 Å². The number of hydrazone groups is 1. The molecule has 17 heavy (non-hydrogen) atoms. The number of nitrogens with one attached hydrogen (secondary N) is 1. The summed E-state index contributed by atoms with van der Waals surface area (Å²) < 4.78 is 12.6. The molecule has 4 heteroatoms. The molecule has 2 rings (SSSR count). The molecule has 86 valence electrons. The van der Waals surface area contributed by atoms with Crippen molar-refractivity contribution >= 4 is 23.5 Å². The second-order valence-electron chi connectivity index (χ2n) is 3.43. The van der Waals surface area contributed by atoms with Gasteiger partial charge < -0.3 is 0 Å². The van der Waals surface area contributed by atoms with Gasteiger partial charge in [0.25, 0.3) is 0 Å². The highest BCUT2D eigenvalue weighted by Crippen LogP contribution is 2.10. The monoisotopic (exact) mass is 248 g/mol. The molecule has 2 aromatic carbocycles. The van der Waals surface area contributed by atoms with Crippen LogP contribution in [0.4, 0.5) is 10.1 Å². The number of anilines is 1. The molecule has 0 saturated heterocycles. The number of hydrogen-bond acceptors (Lipinski definition) is 2. The van der Waals surface area contributed by atoms with Crippen molar-refractivity contribution in [1.29, 1.82) is 0 Å². The summed E-state index contributed by atoms with van der Waals surface area (Å²) in [5, 5.41) is 4.69. The number of rotatable bonds is 3. The van der Waals surface area contributed by atoms with E-state index in [-0.39, 0.29) is 5.82 Å². The molecule has 1 N–H and O–H groups in total. The van der Waals surface area contributed by atoms with Crippen LogP contribution in [0.2, 0.25) is 5.02 Å². The lowest BCUT2D eigenvalue weighted by Crippen LogP contribution is -1.90. The highest BCUT2D eigenvalue weighted by Gasteiger charge is 1.91. The van der Waals surface area contributed by atoms with Crippen molar-refractivity contribution in [1.82, 2.24) is 0 Å². The Hall–Kier alpha value is -1.87. The zero-order chi connectivity index (χ0) is 12.1. The molecule has 0 aliphatic heterocycles. The van der Waals surface area contributed by atoms with Crippen LogP contribution >= 0.6 is 11.6 Å². The Kier molecular flexibility index (Phi) is 3.73. The van der Waals surface area contributed by atoms with E-state index in [9.17, 15) is 4.39 Å². The summed E-state index contributed by atoms with van der Waals surface area (Å²) in [5.41, 5.74) is 4.42. The van der Waals surface area contributed by atoms with Crippen LogP contribution in [0.25, 0.3) is 0 Å². The van der Waals surface area contributed by atoms with Crippen LogP contribution in [-0.4, -0.2) is 6.21 Å².